The van der Waals surface area contributed by atoms with Crippen LogP contribution in [0.1, 0.15) is 24.1 Å². The summed E-state index contributed by atoms with van der Waals surface area (Å²) in [5, 5.41) is 7.46. The second-order valence-electron chi connectivity index (χ2n) is 4.32. The van der Waals surface area contributed by atoms with Crippen molar-refractivity contribution in [2.75, 3.05) is 5.32 Å². The molecule has 6 nitrogen and oxygen atoms in total. The van der Waals surface area contributed by atoms with Gasteiger partial charge in [0.15, 0.2) is 5.65 Å². The highest BCUT2D eigenvalue weighted by atomic mass is 16.4. The molecule has 19 heavy (non-hydrogen) atoms. The number of nitrogens with one attached hydrogen (secondary N) is 1. The molecule has 98 valence electrons. The highest BCUT2D eigenvalue weighted by Gasteiger charge is 2.07. The van der Waals surface area contributed by atoms with Crippen LogP contribution in [0.4, 0.5) is 5.95 Å². The number of hydrogen-bond acceptors (Lipinski definition) is 5. The van der Waals surface area contributed by atoms with Gasteiger partial charge in [-0.05, 0) is 18.6 Å². The van der Waals surface area contributed by atoms with Gasteiger partial charge < -0.3 is 9.73 Å². The monoisotopic (exact) mass is 257 g/mol. The molecule has 1 N–H and O–H groups in total. The van der Waals surface area contributed by atoms with Gasteiger partial charge in [0, 0.05) is 12.6 Å². The van der Waals surface area contributed by atoms with E-state index in [9.17, 15) is 0 Å². The van der Waals surface area contributed by atoms with Crippen molar-refractivity contribution >= 4 is 11.6 Å². The molecule has 3 aromatic rings. The molecule has 0 aliphatic heterocycles. The summed E-state index contributed by atoms with van der Waals surface area (Å²) < 4.78 is 7.27. The van der Waals surface area contributed by atoms with E-state index in [0.29, 0.717) is 18.4 Å². The van der Waals surface area contributed by atoms with Crippen molar-refractivity contribution in [2.24, 2.45) is 0 Å². The van der Waals surface area contributed by atoms with Gasteiger partial charge in [-0.3, -0.25) is 0 Å². The third-order valence-corrected chi connectivity index (χ3v) is 2.91. The zero-order chi connectivity index (χ0) is 13.2. The van der Waals surface area contributed by atoms with Crippen LogP contribution in [0.3, 0.4) is 0 Å². The Morgan fingerprint density at radius 1 is 1.42 bits per heavy atom. The summed E-state index contributed by atoms with van der Waals surface area (Å²) in [5.74, 6) is 2.11. The fourth-order valence-electron chi connectivity index (χ4n) is 1.86. The van der Waals surface area contributed by atoms with Crippen LogP contribution >= 0.6 is 0 Å². The van der Waals surface area contributed by atoms with Crippen molar-refractivity contribution in [1.29, 1.82) is 0 Å². The Balaban J connectivity index is 1.76. The number of rotatable bonds is 4. The fourth-order valence-corrected chi connectivity index (χ4v) is 1.86. The molecule has 0 amide bonds. The third kappa shape index (κ3) is 2.29. The maximum absolute atomic E-state index is 5.52. The van der Waals surface area contributed by atoms with Crippen molar-refractivity contribution in [3.05, 3.63) is 41.7 Å². The van der Waals surface area contributed by atoms with Crippen molar-refractivity contribution in [3.8, 4) is 0 Å². The fraction of sp³-hybridized carbons (Fsp3) is 0.308. The molecular formula is C13H15N5O. The molecule has 0 saturated carbocycles. The van der Waals surface area contributed by atoms with Crippen molar-refractivity contribution in [1.82, 2.24) is 19.6 Å². The van der Waals surface area contributed by atoms with Gasteiger partial charge >= 0.3 is 0 Å². The molecule has 3 rings (SSSR count). The Morgan fingerprint density at radius 2 is 2.32 bits per heavy atom. The zero-order valence-electron chi connectivity index (χ0n) is 10.9. The Labute approximate surface area is 110 Å². The van der Waals surface area contributed by atoms with Crippen LogP contribution in [0.2, 0.25) is 0 Å². The van der Waals surface area contributed by atoms with E-state index >= 15 is 0 Å². The number of aromatic nitrogens is 4. The highest BCUT2D eigenvalue weighted by molar-refractivity contribution is 5.49. The van der Waals surface area contributed by atoms with Gasteiger partial charge in [0.25, 0.3) is 0 Å². The Kier molecular flexibility index (Phi) is 2.91. The predicted octanol–water partition coefficient (Wildman–Crippen LogP) is 2.20. The summed E-state index contributed by atoms with van der Waals surface area (Å²) in [6.45, 7) is 4.52. The number of nitrogens with zero attached hydrogens (tertiary/aromatic N) is 4. The largest absolute Gasteiger partial charge is 0.444 e. The Morgan fingerprint density at radius 3 is 3.05 bits per heavy atom. The number of fused-ring (bicyclic) bond motifs is 1. The number of pyridine rings is 1. The van der Waals surface area contributed by atoms with Crippen LogP contribution in [0, 0.1) is 6.92 Å². The SMILES string of the molecule is CCc1cnc(CNc2nc3c(C)cccn3n2)o1. The van der Waals surface area contributed by atoms with E-state index in [2.05, 4.69) is 20.4 Å². The van der Waals surface area contributed by atoms with Crippen molar-refractivity contribution in [3.63, 3.8) is 0 Å². The van der Waals surface area contributed by atoms with E-state index in [-0.39, 0.29) is 0 Å². The number of oxazole rings is 1. The molecule has 0 spiro atoms. The van der Waals surface area contributed by atoms with Gasteiger partial charge in [0.2, 0.25) is 11.8 Å². The molecule has 0 bridgehead atoms. The van der Waals surface area contributed by atoms with E-state index in [1.807, 2.05) is 32.2 Å². The Hall–Kier alpha value is -2.37. The number of hydrogen-bond donors (Lipinski definition) is 1. The summed E-state index contributed by atoms with van der Waals surface area (Å²) >= 11 is 0. The lowest BCUT2D eigenvalue weighted by atomic mass is 10.3. The summed E-state index contributed by atoms with van der Waals surface area (Å²) in [7, 11) is 0. The maximum atomic E-state index is 5.52. The predicted molar refractivity (Wildman–Crippen MR) is 70.9 cm³/mol. The molecule has 0 saturated heterocycles. The van der Waals surface area contributed by atoms with Gasteiger partial charge in [-0.25, -0.2) is 9.50 Å². The first-order chi connectivity index (χ1) is 9.26. The molecule has 0 unspecified atom stereocenters. The van der Waals surface area contributed by atoms with Crippen LogP contribution in [0.15, 0.2) is 28.9 Å². The van der Waals surface area contributed by atoms with E-state index in [1.54, 1.807) is 10.7 Å². The van der Waals surface area contributed by atoms with Crippen LogP contribution in [0.25, 0.3) is 5.65 Å². The zero-order valence-corrected chi connectivity index (χ0v) is 10.9. The van der Waals surface area contributed by atoms with Crippen LogP contribution < -0.4 is 5.32 Å². The molecular weight excluding hydrogens is 242 g/mol. The molecule has 3 heterocycles. The molecule has 0 radical (unpaired) electrons. The quantitative estimate of drug-likeness (QED) is 0.776. The molecule has 0 atom stereocenters. The second kappa shape index (κ2) is 4.72. The van der Waals surface area contributed by atoms with Gasteiger partial charge in [-0.15, -0.1) is 5.10 Å². The normalized spacial score (nSPS) is 11.1. The van der Waals surface area contributed by atoms with Gasteiger partial charge in [0.1, 0.15) is 5.76 Å². The van der Waals surface area contributed by atoms with Crippen LogP contribution in [0.5, 0.6) is 0 Å². The lowest BCUT2D eigenvalue weighted by Crippen LogP contribution is -2.01. The van der Waals surface area contributed by atoms with Gasteiger partial charge in [-0.2, -0.15) is 4.98 Å². The smallest absolute Gasteiger partial charge is 0.243 e. The minimum absolute atomic E-state index is 0.482. The first-order valence-corrected chi connectivity index (χ1v) is 6.25. The van der Waals surface area contributed by atoms with Crippen molar-refractivity contribution in [2.45, 2.75) is 26.8 Å². The van der Waals surface area contributed by atoms with Crippen molar-refractivity contribution < 1.29 is 4.42 Å². The molecule has 0 aliphatic carbocycles. The standard InChI is InChI=1S/C13H15N5O/c1-3-10-7-14-11(19-10)8-15-13-16-12-9(2)5-4-6-18(12)17-13/h4-7H,3,8H2,1-2H3,(H,15,17). The van der Waals surface area contributed by atoms with Gasteiger partial charge in [0.05, 0.1) is 12.7 Å². The first kappa shape index (κ1) is 11.7. The molecule has 0 fully saturated rings. The number of aryl methyl sites for hydroxylation is 2. The summed E-state index contributed by atoms with van der Waals surface area (Å²) in [6, 6.07) is 3.96. The minimum Gasteiger partial charge on any atom is -0.444 e. The summed E-state index contributed by atoms with van der Waals surface area (Å²) in [5.41, 5.74) is 1.94. The summed E-state index contributed by atoms with van der Waals surface area (Å²) in [6.07, 6.45) is 4.47. The average molecular weight is 257 g/mol. The summed E-state index contributed by atoms with van der Waals surface area (Å²) in [4.78, 5) is 8.61. The third-order valence-electron chi connectivity index (χ3n) is 2.91. The van der Waals surface area contributed by atoms with E-state index in [0.717, 1.165) is 23.4 Å². The van der Waals surface area contributed by atoms with Crippen LogP contribution in [-0.4, -0.2) is 19.6 Å². The molecule has 3 aromatic heterocycles. The lowest BCUT2D eigenvalue weighted by molar-refractivity contribution is 0.465. The molecule has 6 heteroatoms. The highest BCUT2D eigenvalue weighted by Crippen LogP contribution is 2.11. The van der Waals surface area contributed by atoms with E-state index in [4.69, 9.17) is 4.42 Å². The van der Waals surface area contributed by atoms with Crippen LogP contribution in [-0.2, 0) is 13.0 Å². The second-order valence-corrected chi connectivity index (χ2v) is 4.32. The average Bonchev–Trinajstić information content (AvgIpc) is 3.03. The van der Waals surface area contributed by atoms with E-state index < -0.39 is 0 Å². The van der Waals surface area contributed by atoms with Gasteiger partial charge in [-0.1, -0.05) is 13.0 Å². The molecule has 0 aromatic carbocycles. The number of anilines is 1. The first-order valence-electron chi connectivity index (χ1n) is 6.25. The lowest BCUT2D eigenvalue weighted by Gasteiger charge is -1.96. The van der Waals surface area contributed by atoms with E-state index in [1.165, 1.54) is 0 Å². The topological polar surface area (TPSA) is 68.2 Å². The maximum Gasteiger partial charge on any atom is 0.243 e. The Bertz CT molecular complexity index is 700. The minimum atomic E-state index is 0.482. The molecule has 0 aliphatic rings.